The molecule has 2 nitrogen and oxygen atoms in total. The quantitative estimate of drug-likeness (QED) is 0.880. The molecule has 1 unspecified atom stereocenters. The normalized spacial score (nSPS) is 12.2. The third-order valence-electron chi connectivity index (χ3n) is 3.31. The predicted molar refractivity (Wildman–Crippen MR) is 79.7 cm³/mol. The molecule has 0 heterocycles. The van der Waals surface area contributed by atoms with Gasteiger partial charge in [-0.2, -0.15) is 0 Å². The molecular weight excluding hydrogens is 234 g/mol. The van der Waals surface area contributed by atoms with Gasteiger partial charge in [0.15, 0.2) is 0 Å². The number of ether oxygens (including phenoxy) is 1. The minimum absolute atomic E-state index is 0.209. The highest BCUT2D eigenvalue weighted by Gasteiger charge is 2.12. The number of likely N-dealkylation sites (N-methyl/N-ethyl adjacent to an activating group) is 1. The number of para-hydroxylation sites is 1. The van der Waals surface area contributed by atoms with Crippen LogP contribution in [0.4, 0.5) is 0 Å². The van der Waals surface area contributed by atoms with Crippen LogP contribution in [0.3, 0.4) is 0 Å². The van der Waals surface area contributed by atoms with E-state index >= 15 is 0 Å². The maximum atomic E-state index is 5.84. The molecule has 0 spiro atoms. The molecular formula is C17H21NO. The van der Waals surface area contributed by atoms with Crippen molar-refractivity contribution >= 4 is 0 Å². The third-order valence-corrected chi connectivity index (χ3v) is 3.31. The Morgan fingerprint density at radius 2 is 1.79 bits per heavy atom. The number of aryl methyl sites for hydroxylation is 2. The van der Waals surface area contributed by atoms with Crippen LogP contribution in [0.5, 0.6) is 5.75 Å². The van der Waals surface area contributed by atoms with Crippen LogP contribution in [0, 0.1) is 13.8 Å². The zero-order valence-corrected chi connectivity index (χ0v) is 11.8. The summed E-state index contributed by atoms with van der Waals surface area (Å²) >= 11 is 0. The Labute approximate surface area is 115 Å². The zero-order valence-electron chi connectivity index (χ0n) is 11.8. The Balaban J connectivity index is 2.08. The lowest BCUT2D eigenvalue weighted by Crippen LogP contribution is -2.24. The van der Waals surface area contributed by atoms with Crippen LogP contribution in [-0.4, -0.2) is 13.7 Å². The molecule has 0 aliphatic rings. The Kier molecular flexibility index (Phi) is 4.58. The highest BCUT2D eigenvalue weighted by molar-refractivity contribution is 5.33. The van der Waals surface area contributed by atoms with E-state index in [1.807, 2.05) is 37.4 Å². The number of nitrogens with one attached hydrogen (secondary N) is 1. The minimum atomic E-state index is 0.209. The largest absolute Gasteiger partial charge is 0.492 e. The standard InChI is InChI=1S/C17H21NO/c1-13-9-10-16(14(2)11-13)17(18-3)12-19-15-7-5-4-6-8-15/h4-11,17-18H,12H2,1-3H3. The van der Waals surface area contributed by atoms with Crippen molar-refractivity contribution in [2.75, 3.05) is 13.7 Å². The van der Waals surface area contributed by atoms with Gasteiger partial charge >= 0.3 is 0 Å². The summed E-state index contributed by atoms with van der Waals surface area (Å²) in [5, 5.41) is 3.32. The lowest BCUT2D eigenvalue weighted by atomic mass is 10.00. The van der Waals surface area contributed by atoms with Crippen molar-refractivity contribution < 1.29 is 4.74 Å². The van der Waals surface area contributed by atoms with E-state index in [0.29, 0.717) is 6.61 Å². The SMILES string of the molecule is CNC(COc1ccccc1)c1ccc(C)cc1C. The first-order valence-electron chi connectivity index (χ1n) is 6.63. The molecule has 0 radical (unpaired) electrons. The molecule has 2 aromatic rings. The van der Waals surface area contributed by atoms with Gasteiger partial charge in [-0.15, -0.1) is 0 Å². The summed E-state index contributed by atoms with van der Waals surface area (Å²) in [7, 11) is 1.97. The summed E-state index contributed by atoms with van der Waals surface area (Å²) < 4.78 is 5.84. The van der Waals surface area contributed by atoms with Crippen LogP contribution in [-0.2, 0) is 0 Å². The van der Waals surface area contributed by atoms with Crippen molar-refractivity contribution in [1.82, 2.24) is 5.32 Å². The van der Waals surface area contributed by atoms with Gasteiger partial charge in [0.25, 0.3) is 0 Å². The average molecular weight is 255 g/mol. The highest BCUT2D eigenvalue weighted by Crippen LogP contribution is 2.20. The van der Waals surface area contributed by atoms with Gasteiger partial charge in [-0.05, 0) is 44.2 Å². The van der Waals surface area contributed by atoms with E-state index in [2.05, 4.69) is 37.4 Å². The molecule has 0 amide bonds. The Morgan fingerprint density at radius 1 is 1.05 bits per heavy atom. The van der Waals surface area contributed by atoms with Gasteiger partial charge in [0.05, 0.1) is 6.04 Å². The van der Waals surface area contributed by atoms with Crippen LogP contribution in [0.25, 0.3) is 0 Å². The Hall–Kier alpha value is -1.80. The first kappa shape index (κ1) is 13.6. The Morgan fingerprint density at radius 3 is 2.42 bits per heavy atom. The summed E-state index contributed by atoms with van der Waals surface area (Å²) in [6.45, 7) is 4.89. The molecule has 0 aliphatic carbocycles. The number of benzene rings is 2. The maximum Gasteiger partial charge on any atom is 0.119 e. The first-order chi connectivity index (χ1) is 9.20. The van der Waals surface area contributed by atoms with Crippen molar-refractivity contribution in [3.8, 4) is 5.75 Å². The van der Waals surface area contributed by atoms with Gasteiger partial charge in [0.1, 0.15) is 12.4 Å². The lowest BCUT2D eigenvalue weighted by Gasteiger charge is -2.20. The van der Waals surface area contributed by atoms with E-state index in [9.17, 15) is 0 Å². The second kappa shape index (κ2) is 6.39. The maximum absolute atomic E-state index is 5.84. The molecule has 0 fully saturated rings. The lowest BCUT2D eigenvalue weighted by molar-refractivity contribution is 0.272. The van der Waals surface area contributed by atoms with Gasteiger partial charge < -0.3 is 10.1 Å². The number of rotatable bonds is 5. The topological polar surface area (TPSA) is 21.3 Å². The van der Waals surface area contributed by atoms with Crippen LogP contribution in [0.2, 0.25) is 0 Å². The minimum Gasteiger partial charge on any atom is -0.492 e. The zero-order chi connectivity index (χ0) is 13.7. The van der Waals surface area contributed by atoms with Crippen LogP contribution in [0.1, 0.15) is 22.7 Å². The monoisotopic (exact) mass is 255 g/mol. The third kappa shape index (κ3) is 3.58. The van der Waals surface area contributed by atoms with E-state index in [1.165, 1.54) is 16.7 Å². The van der Waals surface area contributed by atoms with E-state index < -0.39 is 0 Å². The van der Waals surface area contributed by atoms with Crippen molar-refractivity contribution in [3.05, 3.63) is 65.2 Å². The molecule has 1 atom stereocenters. The second-order valence-corrected chi connectivity index (χ2v) is 4.83. The molecule has 19 heavy (non-hydrogen) atoms. The van der Waals surface area contributed by atoms with E-state index in [4.69, 9.17) is 4.74 Å². The predicted octanol–water partition coefficient (Wildman–Crippen LogP) is 3.64. The van der Waals surface area contributed by atoms with Crippen molar-refractivity contribution in [2.45, 2.75) is 19.9 Å². The fraction of sp³-hybridized carbons (Fsp3) is 0.294. The summed E-state index contributed by atoms with van der Waals surface area (Å²) in [6.07, 6.45) is 0. The van der Waals surface area contributed by atoms with Crippen molar-refractivity contribution in [1.29, 1.82) is 0 Å². The molecule has 2 rings (SSSR count). The average Bonchev–Trinajstić information content (AvgIpc) is 2.42. The van der Waals surface area contributed by atoms with Crippen LogP contribution >= 0.6 is 0 Å². The molecule has 2 aromatic carbocycles. The molecule has 0 aliphatic heterocycles. The van der Waals surface area contributed by atoms with Crippen LogP contribution < -0.4 is 10.1 Å². The smallest absolute Gasteiger partial charge is 0.119 e. The van der Waals surface area contributed by atoms with Crippen molar-refractivity contribution in [2.24, 2.45) is 0 Å². The molecule has 2 heteroatoms. The van der Waals surface area contributed by atoms with Gasteiger partial charge in [-0.3, -0.25) is 0 Å². The number of hydrogen-bond donors (Lipinski definition) is 1. The summed E-state index contributed by atoms with van der Waals surface area (Å²) in [5.41, 5.74) is 3.89. The molecule has 0 saturated heterocycles. The summed E-state index contributed by atoms with van der Waals surface area (Å²) in [4.78, 5) is 0. The molecule has 0 saturated carbocycles. The van der Waals surface area contributed by atoms with Crippen LogP contribution in [0.15, 0.2) is 48.5 Å². The first-order valence-corrected chi connectivity index (χ1v) is 6.63. The molecule has 0 bridgehead atoms. The van der Waals surface area contributed by atoms with E-state index in [0.717, 1.165) is 5.75 Å². The van der Waals surface area contributed by atoms with Crippen molar-refractivity contribution in [3.63, 3.8) is 0 Å². The Bertz CT molecular complexity index is 522. The highest BCUT2D eigenvalue weighted by atomic mass is 16.5. The van der Waals surface area contributed by atoms with E-state index in [1.54, 1.807) is 0 Å². The fourth-order valence-electron chi connectivity index (χ4n) is 2.24. The molecule has 1 N–H and O–H groups in total. The molecule has 0 aromatic heterocycles. The van der Waals surface area contributed by atoms with E-state index in [-0.39, 0.29) is 6.04 Å². The fourth-order valence-corrected chi connectivity index (χ4v) is 2.24. The second-order valence-electron chi connectivity index (χ2n) is 4.83. The van der Waals surface area contributed by atoms with Gasteiger partial charge in [-0.25, -0.2) is 0 Å². The summed E-state index contributed by atoms with van der Waals surface area (Å²) in [5.74, 6) is 0.910. The molecule has 100 valence electrons. The summed E-state index contributed by atoms with van der Waals surface area (Å²) in [6, 6.07) is 16.7. The van der Waals surface area contributed by atoms with Gasteiger partial charge in [0.2, 0.25) is 0 Å². The van der Waals surface area contributed by atoms with Gasteiger partial charge in [0, 0.05) is 0 Å². The number of hydrogen-bond acceptors (Lipinski definition) is 2. The van der Waals surface area contributed by atoms with Gasteiger partial charge in [-0.1, -0.05) is 42.0 Å².